The van der Waals surface area contributed by atoms with Crippen molar-refractivity contribution in [1.82, 2.24) is 9.80 Å². The molecule has 0 aromatic carbocycles. The first-order valence-electron chi connectivity index (χ1n) is 7.11. The van der Waals surface area contributed by atoms with E-state index in [1.54, 1.807) is 0 Å². The predicted octanol–water partition coefficient (Wildman–Crippen LogP) is 2.28. The van der Waals surface area contributed by atoms with Gasteiger partial charge in [-0.3, -0.25) is 4.79 Å². The first-order valence-corrected chi connectivity index (χ1v) is 7.11. The van der Waals surface area contributed by atoms with Crippen LogP contribution in [0.5, 0.6) is 0 Å². The maximum Gasteiger partial charge on any atom is 0.319 e. The molecule has 4 heteroatoms. The van der Waals surface area contributed by atoms with Crippen molar-refractivity contribution in [3.8, 4) is 0 Å². The number of ketones is 1. The molecule has 1 unspecified atom stereocenters. The average Bonchev–Trinajstić information content (AvgIpc) is 2.38. The standard InChI is InChI=1S/C14H24N2O2/c1-11-4-3-9-16(10-11)14(18)15(2)12-5-7-13(17)8-6-12/h11-12H,3-10H2,1-2H3. The Morgan fingerprint density at radius 3 is 2.56 bits per heavy atom. The van der Waals surface area contributed by atoms with Crippen molar-refractivity contribution in [1.29, 1.82) is 0 Å². The van der Waals surface area contributed by atoms with Crippen LogP contribution in [0.2, 0.25) is 0 Å². The molecule has 1 saturated carbocycles. The summed E-state index contributed by atoms with van der Waals surface area (Å²) in [4.78, 5) is 27.5. The Kier molecular flexibility index (Phi) is 4.25. The minimum absolute atomic E-state index is 0.154. The third-order valence-electron chi connectivity index (χ3n) is 4.29. The Morgan fingerprint density at radius 1 is 1.28 bits per heavy atom. The number of Topliss-reactive ketones (excluding diaryl/α,β-unsaturated/α-hetero) is 1. The fourth-order valence-corrected chi connectivity index (χ4v) is 3.05. The van der Waals surface area contributed by atoms with E-state index in [0.717, 1.165) is 32.4 Å². The number of carbonyl (C=O) groups is 2. The number of rotatable bonds is 1. The topological polar surface area (TPSA) is 40.6 Å². The molecule has 1 heterocycles. The van der Waals surface area contributed by atoms with Gasteiger partial charge in [-0.2, -0.15) is 0 Å². The highest BCUT2D eigenvalue weighted by atomic mass is 16.2. The quantitative estimate of drug-likeness (QED) is 0.718. The normalized spacial score (nSPS) is 26.2. The second-order valence-electron chi connectivity index (χ2n) is 5.86. The van der Waals surface area contributed by atoms with E-state index in [1.807, 2.05) is 16.8 Å². The smallest absolute Gasteiger partial charge is 0.319 e. The average molecular weight is 252 g/mol. The molecule has 1 aliphatic heterocycles. The van der Waals surface area contributed by atoms with Crippen molar-refractivity contribution in [3.63, 3.8) is 0 Å². The van der Waals surface area contributed by atoms with Crippen LogP contribution in [0.1, 0.15) is 45.4 Å². The van der Waals surface area contributed by atoms with Crippen molar-refractivity contribution in [2.45, 2.75) is 51.5 Å². The lowest BCUT2D eigenvalue weighted by molar-refractivity contribution is -0.121. The van der Waals surface area contributed by atoms with Crippen LogP contribution in [-0.2, 0) is 4.79 Å². The molecule has 0 aromatic rings. The Morgan fingerprint density at radius 2 is 1.94 bits per heavy atom. The molecule has 0 aromatic heterocycles. The van der Waals surface area contributed by atoms with Crippen molar-refractivity contribution in [2.24, 2.45) is 5.92 Å². The molecule has 18 heavy (non-hydrogen) atoms. The number of nitrogens with zero attached hydrogens (tertiary/aromatic N) is 2. The van der Waals surface area contributed by atoms with Gasteiger partial charge in [0.05, 0.1) is 0 Å². The summed E-state index contributed by atoms with van der Waals surface area (Å²) in [6.45, 7) is 3.98. The molecule has 2 fully saturated rings. The van der Waals surface area contributed by atoms with Gasteiger partial charge in [-0.25, -0.2) is 4.79 Å². The molecule has 1 aliphatic carbocycles. The Hall–Kier alpha value is -1.06. The van der Waals surface area contributed by atoms with Crippen LogP contribution < -0.4 is 0 Å². The molecular weight excluding hydrogens is 228 g/mol. The van der Waals surface area contributed by atoms with E-state index in [2.05, 4.69) is 6.92 Å². The lowest BCUT2D eigenvalue weighted by Gasteiger charge is -2.38. The fraction of sp³-hybridized carbons (Fsp3) is 0.857. The molecule has 0 radical (unpaired) electrons. The third kappa shape index (κ3) is 3.03. The van der Waals surface area contributed by atoms with Crippen LogP contribution in [0.3, 0.4) is 0 Å². The van der Waals surface area contributed by atoms with Crippen molar-refractivity contribution < 1.29 is 9.59 Å². The number of hydrogen-bond acceptors (Lipinski definition) is 2. The molecule has 4 nitrogen and oxygen atoms in total. The molecule has 102 valence electrons. The Labute approximate surface area is 109 Å². The minimum atomic E-state index is 0.154. The van der Waals surface area contributed by atoms with Crippen LogP contribution in [-0.4, -0.2) is 47.8 Å². The maximum atomic E-state index is 12.4. The lowest BCUT2D eigenvalue weighted by atomic mass is 9.93. The van der Waals surface area contributed by atoms with Gasteiger partial charge >= 0.3 is 6.03 Å². The zero-order valence-electron chi connectivity index (χ0n) is 11.5. The van der Waals surface area contributed by atoms with E-state index in [0.29, 0.717) is 24.5 Å². The number of carbonyl (C=O) groups excluding carboxylic acids is 2. The monoisotopic (exact) mass is 252 g/mol. The maximum absolute atomic E-state index is 12.4. The number of likely N-dealkylation sites (tertiary alicyclic amines) is 1. The van der Waals surface area contributed by atoms with Crippen molar-refractivity contribution in [3.05, 3.63) is 0 Å². The molecule has 1 atom stereocenters. The Balaban J connectivity index is 1.89. The summed E-state index contributed by atoms with van der Waals surface area (Å²) in [5, 5.41) is 0. The molecule has 2 aliphatic rings. The van der Waals surface area contributed by atoms with E-state index in [4.69, 9.17) is 0 Å². The van der Waals surface area contributed by atoms with Gasteiger partial charge in [0.1, 0.15) is 5.78 Å². The second-order valence-corrected chi connectivity index (χ2v) is 5.86. The summed E-state index contributed by atoms with van der Waals surface area (Å²) in [6, 6.07) is 0.410. The highest BCUT2D eigenvalue weighted by molar-refractivity contribution is 5.80. The molecular formula is C14H24N2O2. The molecule has 0 spiro atoms. The van der Waals surface area contributed by atoms with Gasteiger partial charge in [0, 0.05) is 39.0 Å². The second kappa shape index (κ2) is 5.72. The van der Waals surface area contributed by atoms with E-state index >= 15 is 0 Å². The summed E-state index contributed by atoms with van der Waals surface area (Å²) in [6.07, 6.45) is 5.29. The first kappa shape index (κ1) is 13.4. The summed E-state index contributed by atoms with van der Waals surface area (Å²) >= 11 is 0. The number of piperidine rings is 1. The fourth-order valence-electron chi connectivity index (χ4n) is 3.05. The molecule has 2 amide bonds. The number of amides is 2. The van der Waals surface area contributed by atoms with Gasteiger partial charge in [0.25, 0.3) is 0 Å². The van der Waals surface area contributed by atoms with Gasteiger partial charge in [-0.1, -0.05) is 6.92 Å². The number of hydrogen-bond donors (Lipinski definition) is 0. The lowest BCUT2D eigenvalue weighted by Crippen LogP contribution is -2.50. The molecule has 0 bridgehead atoms. The summed E-state index contributed by atoms with van der Waals surface area (Å²) < 4.78 is 0. The summed E-state index contributed by atoms with van der Waals surface area (Å²) in [5.41, 5.74) is 0. The first-order chi connectivity index (χ1) is 8.58. The summed E-state index contributed by atoms with van der Waals surface area (Å²) in [7, 11) is 1.89. The number of urea groups is 1. The SMILES string of the molecule is CC1CCCN(C(=O)N(C)C2CCC(=O)CC2)C1. The minimum Gasteiger partial charge on any atom is -0.325 e. The zero-order chi connectivity index (χ0) is 13.1. The van der Waals surface area contributed by atoms with Crippen molar-refractivity contribution in [2.75, 3.05) is 20.1 Å². The van der Waals surface area contributed by atoms with Crippen LogP contribution in [0.15, 0.2) is 0 Å². The van der Waals surface area contributed by atoms with Crippen molar-refractivity contribution >= 4 is 11.8 Å². The van der Waals surface area contributed by atoms with E-state index in [-0.39, 0.29) is 12.1 Å². The van der Waals surface area contributed by atoms with Crippen LogP contribution in [0.4, 0.5) is 4.79 Å². The molecule has 0 N–H and O–H groups in total. The van der Waals surface area contributed by atoms with Crippen LogP contribution in [0.25, 0.3) is 0 Å². The summed E-state index contributed by atoms with van der Waals surface area (Å²) in [5.74, 6) is 0.961. The van der Waals surface area contributed by atoms with E-state index in [1.165, 1.54) is 6.42 Å². The predicted molar refractivity (Wildman–Crippen MR) is 70.4 cm³/mol. The van der Waals surface area contributed by atoms with E-state index < -0.39 is 0 Å². The third-order valence-corrected chi connectivity index (χ3v) is 4.29. The molecule has 1 saturated heterocycles. The van der Waals surface area contributed by atoms with Gasteiger partial charge in [0.15, 0.2) is 0 Å². The van der Waals surface area contributed by atoms with Crippen LogP contribution in [0, 0.1) is 5.92 Å². The highest BCUT2D eigenvalue weighted by Gasteiger charge is 2.29. The van der Waals surface area contributed by atoms with E-state index in [9.17, 15) is 9.59 Å². The van der Waals surface area contributed by atoms with Gasteiger partial charge < -0.3 is 9.80 Å². The van der Waals surface area contributed by atoms with Gasteiger partial charge in [-0.15, -0.1) is 0 Å². The highest BCUT2D eigenvalue weighted by Crippen LogP contribution is 2.22. The Bertz CT molecular complexity index is 320. The van der Waals surface area contributed by atoms with Gasteiger partial charge in [-0.05, 0) is 31.6 Å². The van der Waals surface area contributed by atoms with Crippen LogP contribution >= 0.6 is 0 Å². The molecule has 2 rings (SSSR count). The largest absolute Gasteiger partial charge is 0.325 e. The zero-order valence-corrected chi connectivity index (χ0v) is 11.5. The van der Waals surface area contributed by atoms with Gasteiger partial charge in [0.2, 0.25) is 0 Å².